The molecule has 0 radical (unpaired) electrons. The highest BCUT2D eigenvalue weighted by molar-refractivity contribution is 5.68. The first-order valence-electron chi connectivity index (χ1n) is 8.10. The van der Waals surface area contributed by atoms with Gasteiger partial charge in [-0.25, -0.2) is 4.79 Å². The highest BCUT2D eigenvalue weighted by Crippen LogP contribution is 2.23. The molecule has 1 aliphatic heterocycles. The maximum absolute atomic E-state index is 12.2. The SMILES string of the molecule is CC(C)(C)OC(=O)N1CCCC(n2cc(CCCN)cn2)C1. The van der Waals surface area contributed by atoms with E-state index in [0.29, 0.717) is 13.1 Å². The molecular formula is C16H28N4O2. The number of nitrogens with two attached hydrogens (primary N) is 1. The van der Waals surface area contributed by atoms with Crippen molar-refractivity contribution >= 4 is 6.09 Å². The first kappa shape index (κ1) is 16.8. The number of hydrogen-bond acceptors (Lipinski definition) is 4. The van der Waals surface area contributed by atoms with E-state index in [9.17, 15) is 4.79 Å². The van der Waals surface area contributed by atoms with E-state index < -0.39 is 5.60 Å². The Labute approximate surface area is 132 Å². The van der Waals surface area contributed by atoms with Crippen molar-refractivity contribution in [1.82, 2.24) is 14.7 Å². The van der Waals surface area contributed by atoms with Gasteiger partial charge in [0, 0.05) is 19.3 Å². The molecule has 2 heterocycles. The summed E-state index contributed by atoms with van der Waals surface area (Å²) in [5.41, 5.74) is 6.30. The van der Waals surface area contributed by atoms with E-state index in [1.165, 1.54) is 5.56 Å². The number of carbonyl (C=O) groups is 1. The number of likely N-dealkylation sites (tertiary alicyclic amines) is 1. The Bertz CT molecular complexity index is 493. The van der Waals surface area contributed by atoms with Gasteiger partial charge in [-0.05, 0) is 58.6 Å². The number of rotatable bonds is 4. The van der Waals surface area contributed by atoms with Crippen molar-refractivity contribution in [3.8, 4) is 0 Å². The molecule has 6 heteroatoms. The van der Waals surface area contributed by atoms with Crippen LogP contribution >= 0.6 is 0 Å². The molecule has 22 heavy (non-hydrogen) atoms. The average Bonchev–Trinajstić information content (AvgIpc) is 2.92. The monoisotopic (exact) mass is 308 g/mol. The van der Waals surface area contributed by atoms with Gasteiger partial charge in [0.1, 0.15) is 5.60 Å². The van der Waals surface area contributed by atoms with E-state index in [1.54, 1.807) is 4.90 Å². The summed E-state index contributed by atoms with van der Waals surface area (Å²) < 4.78 is 7.45. The first-order valence-corrected chi connectivity index (χ1v) is 8.10. The second-order valence-electron chi connectivity index (χ2n) is 6.94. The van der Waals surface area contributed by atoms with Crippen LogP contribution in [0.25, 0.3) is 0 Å². The van der Waals surface area contributed by atoms with Crippen LogP contribution in [0.4, 0.5) is 4.79 Å². The Hall–Kier alpha value is -1.56. The lowest BCUT2D eigenvalue weighted by Crippen LogP contribution is -2.43. The molecule has 1 aliphatic rings. The minimum atomic E-state index is -0.453. The number of nitrogens with zero attached hydrogens (tertiary/aromatic N) is 3. The van der Waals surface area contributed by atoms with Crippen LogP contribution in [0.2, 0.25) is 0 Å². The Kier molecular flexibility index (Phi) is 5.45. The summed E-state index contributed by atoms with van der Waals surface area (Å²) >= 11 is 0. The van der Waals surface area contributed by atoms with Crippen molar-refractivity contribution < 1.29 is 9.53 Å². The number of hydrogen-bond donors (Lipinski definition) is 1. The Morgan fingerprint density at radius 1 is 1.50 bits per heavy atom. The second-order valence-corrected chi connectivity index (χ2v) is 6.94. The number of aryl methyl sites for hydroxylation is 1. The van der Waals surface area contributed by atoms with E-state index in [-0.39, 0.29) is 12.1 Å². The van der Waals surface area contributed by atoms with Crippen LogP contribution in [0.3, 0.4) is 0 Å². The van der Waals surface area contributed by atoms with E-state index in [2.05, 4.69) is 11.3 Å². The standard InChI is InChI=1S/C16H28N4O2/c1-16(2,3)22-15(21)19-9-5-7-14(12-19)20-11-13(10-18-20)6-4-8-17/h10-11,14H,4-9,12,17H2,1-3H3. The van der Waals surface area contributed by atoms with Crippen LogP contribution in [-0.2, 0) is 11.2 Å². The molecule has 1 atom stereocenters. The van der Waals surface area contributed by atoms with Crippen molar-refractivity contribution in [3.05, 3.63) is 18.0 Å². The molecule has 1 saturated heterocycles. The third kappa shape index (κ3) is 4.73. The smallest absolute Gasteiger partial charge is 0.410 e. The van der Waals surface area contributed by atoms with Crippen molar-refractivity contribution in [2.24, 2.45) is 5.73 Å². The summed E-state index contributed by atoms with van der Waals surface area (Å²) in [7, 11) is 0. The molecule has 0 saturated carbocycles. The van der Waals surface area contributed by atoms with Gasteiger partial charge in [-0.2, -0.15) is 5.10 Å². The van der Waals surface area contributed by atoms with E-state index in [4.69, 9.17) is 10.5 Å². The lowest BCUT2D eigenvalue weighted by atomic mass is 10.1. The summed E-state index contributed by atoms with van der Waals surface area (Å²) in [4.78, 5) is 14.0. The van der Waals surface area contributed by atoms with Crippen LogP contribution in [0.1, 0.15) is 51.6 Å². The highest BCUT2D eigenvalue weighted by atomic mass is 16.6. The molecule has 0 aliphatic carbocycles. The summed E-state index contributed by atoms with van der Waals surface area (Å²) in [5, 5.41) is 4.46. The Morgan fingerprint density at radius 3 is 2.95 bits per heavy atom. The zero-order chi connectivity index (χ0) is 16.2. The Balaban J connectivity index is 1.95. The summed E-state index contributed by atoms with van der Waals surface area (Å²) in [6, 6.07) is 0.230. The fourth-order valence-corrected chi connectivity index (χ4v) is 2.68. The highest BCUT2D eigenvalue weighted by Gasteiger charge is 2.28. The van der Waals surface area contributed by atoms with E-state index >= 15 is 0 Å². The van der Waals surface area contributed by atoms with Gasteiger partial charge in [-0.15, -0.1) is 0 Å². The predicted octanol–water partition coefficient (Wildman–Crippen LogP) is 2.35. The summed E-state index contributed by atoms with van der Waals surface area (Å²) in [5.74, 6) is 0. The minimum Gasteiger partial charge on any atom is -0.444 e. The molecule has 1 fully saturated rings. The van der Waals surface area contributed by atoms with Crippen LogP contribution in [0.5, 0.6) is 0 Å². The van der Waals surface area contributed by atoms with Crippen molar-refractivity contribution in [2.45, 2.75) is 58.1 Å². The van der Waals surface area contributed by atoms with Crippen molar-refractivity contribution in [2.75, 3.05) is 19.6 Å². The number of amides is 1. The molecular weight excluding hydrogens is 280 g/mol. The molecule has 1 aromatic rings. The van der Waals surface area contributed by atoms with Crippen LogP contribution in [0, 0.1) is 0 Å². The first-order chi connectivity index (χ1) is 10.4. The molecule has 2 rings (SSSR count). The molecule has 1 unspecified atom stereocenters. The number of ether oxygens (including phenoxy) is 1. The fourth-order valence-electron chi connectivity index (χ4n) is 2.68. The zero-order valence-corrected chi connectivity index (χ0v) is 13.9. The maximum atomic E-state index is 12.2. The normalized spacial score (nSPS) is 19.3. The molecule has 124 valence electrons. The molecule has 6 nitrogen and oxygen atoms in total. The number of aromatic nitrogens is 2. The lowest BCUT2D eigenvalue weighted by molar-refractivity contribution is 0.0167. The molecule has 0 aromatic carbocycles. The quantitative estimate of drug-likeness (QED) is 0.926. The van der Waals surface area contributed by atoms with Gasteiger partial charge in [0.25, 0.3) is 0 Å². The van der Waals surface area contributed by atoms with Crippen LogP contribution < -0.4 is 5.73 Å². The van der Waals surface area contributed by atoms with Crippen molar-refractivity contribution in [1.29, 1.82) is 0 Å². The summed E-state index contributed by atoms with van der Waals surface area (Å²) in [6.45, 7) is 7.79. The third-order valence-electron chi connectivity index (χ3n) is 3.75. The van der Waals surface area contributed by atoms with Gasteiger partial charge in [0.2, 0.25) is 0 Å². The predicted molar refractivity (Wildman–Crippen MR) is 85.7 cm³/mol. The maximum Gasteiger partial charge on any atom is 0.410 e. The van der Waals surface area contributed by atoms with Crippen LogP contribution in [0.15, 0.2) is 12.4 Å². The van der Waals surface area contributed by atoms with E-state index in [0.717, 1.165) is 32.2 Å². The number of carbonyl (C=O) groups excluding carboxylic acids is 1. The molecule has 1 aromatic heterocycles. The average molecular weight is 308 g/mol. The lowest BCUT2D eigenvalue weighted by Gasteiger charge is -2.34. The topological polar surface area (TPSA) is 73.4 Å². The molecule has 2 N–H and O–H groups in total. The second kappa shape index (κ2) is 7.13. The van der Waals surface area contributed by atoms with Gasteiger partial charge in [-0.1, -0.05) is 0 Å². The van der Waals surface area contributed by atoms with E-state index in [1.807, 2.05) is 31.6 Å². The zero-order valence-electron chi connectivity index (χ0n) is 13.9. The molecule has 1 amide bonds. The van der Waals surface area contributed by atoms with Gasteiger partial charge < -0.3 is 15.4 Å². The molecule has 0 spiro atoms. The minimum absolute atomic E-state index is 0.229. The van der Waals surface area contributed by atoms with Crippen molar-refractivity contribution in [3.63, 3.8) is 0 Å². The fraction of sp³-hybridized carbons (Fsp3) is 0.750. The van der Waals surface area contributed by atoms with Gasteiger partial charge >= 0.3 is 6.09 Å². The molecule has 0 bridgehead atoms. The van der Waals surface area contributed by atoms with Gasteiger partial charge in [0.05, 0.1) is 12.2 Å². The van der Waals surface area contributed by atoms with Crippen LogP contribution in [-0.4, -0.2) is 46.0 Å². The summed E-state index contributed by atoms with van der Waals surface area (Å²) in [6.07, 6.45) is 7.70. The third-order valence-corrected chi connectivity index (χ3v) is 3.75. The van der Waals surface area contributed by atoms with Gasteiger partial charge in [-0.3, -0.25) is 4.68 Å². The Morgan fingerprint density at radius 2 is 2.27 bits per heavy atom. The number of piperidine rings is 1. The van der Waals surface area contributed by atoms with Gasteiger partial charge in [0.15, 0.2) is 0 Å². The largest absolute Gasteiger partial charge is 0.444 e.